The third-order valence-corrected chi connectivity index (χ3v) is 2.20. The van der Waals surface area contributed by atoms with Crippen LogP contribution in [-0.4, -0.2) is 17.7 Å². The van der Waals surface area contributed by atoms with Crippen LogP contribution in [-0.2, 0) is 11.2 Å². The van der Waals surface area contributed by atoms with Crippen LogP contribution in [0.2, 0.25) is 0 Å². The molecule has 3 nitrogen and oxygen atoms in total. The van der Waals surface area contributed by atoms with Gasteiger partial charge in [-0.1, -0.05) is 19.9 Å². The molecule has 0 aliphatic heterocycles. The van der Waals surface area contributed by atoms with E-state index >= 15 is 0 Å². The van der Waals surface area contributed by atoms with Gasteiger partial charge in [0.15, 0.2) is 0 Å². The van der Waals surface area contributed by atoms with E-state index in [4.69, 9.17) is 4.74 Å². The first-order chi connectivity index (χ1) is 7.54. The van der Waals surface area contributed by atoms with Crippen LogP contribution < -0.4 is 0 Å². The van der Waals surface area contributed by atoms with Gasteiger partial charge in [-0.05, 0) is 37.0 Å². The average molecular weight is 222 g/mol. The van der Waals surface area contributed by atoms with E-state index in [9.17, 15) is 9.90 Å². The lowest BCUT2D eigenvalue weighted by Crippen LogP contribution is -2.05. The zero-order valence-corrected chi connectivity index (χ0v) is 9.99. The highest BCUT2D eigenvalue weighted by atomic mass is 16.5. The van der Waals surface area contributed by atoms with Gasteiger partial charge in [0.2, 0.25) is 0 Å². The molecule has 16 heavy (non-hydrogen) atoms. The number of phenolic OH excluding ortho intramolecular Hbond substituents is 1. The fourth-order valence-electron chi connectivity index (χ4n) is 1.56. The SMILES string of the molecule is CCOC(=O)c1ccc(CC(C)C)cc1O. The summed E-state index contributed by atoms with van der Waals surface area (Å²) in [6.45, 7) is 6.26. The van der Waals surface area contributed by atoms with Crippen molar-refractivity contribution in [2.24, 2.45) is 5.92 Å². The van der Waals surface area contributed by atoms with Gasteiger partial charge in [0.25, 0.3) is 0 Å². The molecule has 88 valence electrons. The zero-order valence-electron chi connectivity index (χ0n) is 9.99. The van der Waals surface area contributed by atoms with Crippen molar-refractivity contribution >= 4 is 5.97 Å². The molecule has 1 aromatic rings. The first-order valence-electron chi connectivity index (χ1n) is 5.53. The molecule has 1 rings (SSSR count). The van der Waals surface area contributed by atoms with Crippen molar-refractivity contribution in [1.82, 2.24) is 0 Å². The second-order valence-electron chi connectivity index (χ2n) is 4.17. The standard InChI is InChI=1S/C13H18O3/c1-4-16-13(15)11-6-5-10(7-9(2)3)8-12(11)14/h5-6,8-9,14H,4,7H2,1-3H3. The van der Waals surface area contributed by atoms with E-state index in [1.807, 2.05) is 6.07 Å². The van der Waals surface area contributed by atoms with Crippen molar-refractivity contribution in [3.63, 3.8) is 0 Å². The molecular weight excluding hydrogens is 204 g/mol. The monoisotopic (exact) mass is 222 g/mol. The quantitative estimate of drug-likeness (QED) is 0.797. The number of rotatable bonds is 4. The molecule has 0 amide bonds. The molecule has 0 atom stereocenters. The Morgan fingerprint density at radius 2 is 2.12 bits per heavy atom. The number of esters is 1. The Balaban J connectivity index is 2.87. The van der Waals surface area contributed by atoms with E-state index in [2.05, 4.69) is 13.8 Å². The molecule has 0 aliphatic carbocycles. The first-order valence-corrected chi connectivity index (χ1v) is 5.53. The van der Waals surface area contributed by atoms with E-state index in [0.717, 1.165) is 12.0 Å². The maximum atomic E-state index is 11.4. The molecule has 0 heterocycles. The summed E-state index contributed by atoms with van der Waals surface area (Å²) in [5.74, 6) is 0.0422. The normalized spacial score (nSPS) is 10.5. The van der Waals surface area contributed by atoms with E-state index in [-0.39, 0.29) is 11.3 Å². The van der Waals surface area contributed by atoms with Crippen LogP contribution in [0.15, 0.2) is 18.2 Å². The van der Waals surface area contributed by atoms with E-state index < -0.39 is 5.97 Å². The number of carbonyl (C=O) groups excluding carboxylic acids is 1. The fraction of sp³-hybridized carbons (Fsp3) is 0.462. The topological polar surface area (TPSA) is 46.5 Å². The number of hydrogen-bond donors (Lipinski definition) is 1. The first kappa shape index (κ1) is 12.6. The molecule has 0 radical (unpaired) electrons. The lowest BCUT2D eigenvalue weighted by Gasteiger charge is -2.08. The smallest absolute Gasteiger partial charge is 0.341 e. The molecule has 0 spiro atoms. The lowest BCUT2D eigenvalue weighted by atomic mass is 10.0. The van der Waals surface area contributed by atoms with Crippen molar-refractivity contribution in [3.05, 3.63) is 29.3 Å². The van der Waals surface area contributed by atoms with Crippen molar-refractivity contribution < 1.29 is 14.6 Å². The molecule has 0 bridgehead atoms. The number of benzene rings is 1. The van der Waals surface area contributed by atoms with Crippen LogP contribution in [0.3, 0.4) is 0 Å². The van der Waals surface area contributed by atoms with Crippen molar-refractivity contribution in [2.45, 2.75) is 27.2 Å². The van der Waals surface area contributed by atoms with Gasteiger partial charge in [0, 0.05) is 0 Å². The van der Waals surface area contributed by atoms with E-state index in [1.165, 1.54) is 0 Å². The van der Waals surface area contributed by atoms with Gasteiger partial charge in [0.1, 0.15) is 11.3 Å². The van der Waals surface area contributed by atoms with Gasteiger partial charge in [0.05, 0.1) is 6.61 Å². The number of carbonyl (C=O) groups is 1. The highest BCUT2D eigenvalue weighted by molar-refractivity contribution is 5.92. The van der Waals surface area contributed by atoms with Gasteiger partial charge in [-0.3, -0.25) is 0 Å². The molecule has 1 aromatic carbocycles. The Labute approximate surface area is 96.1 Å². The molecule has 0 saturated carbocycles. The zero-order chi connectivity index (χ0) is 12.1. The van der Waals surface area contributed by atoms with Crippen LogP contribution in [0.4, 0.5) is 0 Å². The third-order valence-electron chi connectivity index (χ3n) is 2.20. The van der Waals surface area contributed by atoms with Gasteiger partial charge >= 0.3 is 5.97 Å². The molecule has 0 fully saturated rings. The highest BCUT2D eigenvalue weighted by Gasteiger charge is 2.12. The summed E-state index contributed by atoms with van der Waals surface area (Å²) in [4.78, 5) is 11.4. The molecule has 1 N–H and O–H groups in total. The average Bonchev–Trinajstić information content (AvgIpc) is 2.16. The van der Waals surface area contributed by atoms with Crippen LogP contribution in [0.1, 0.15) is 36.7 Å². The summed E-state index contributed by atoms with van der Waals surface area (Å²) < 4.78 is 4.83. The van der Waals surface area contributed by atoms with Crippen LogP contribution in [0.25, 0.3) is 0 Å². The summed E-state index contributed by atoms with van der Waals surface area (Å²) in [6, 6.07) is 5.10. The molecule has 0 aliphatic rings. The van der Waals surface area contributed by atoms with Gasteiger partial charge in [-0.15, -0.1) is 0 Å². The minimum Gasteiger partial charge on any atom is -0.507 e. The summed E-state index contributed by atoms with van der Waals surface area (Å²) in [5, 5.41) is 9.70. The van der Waals surface area contributed by atoms with E-state index in [1.54, 1.807) is 19.1 Å². The van der Waals surface area contributed by atoms with Crippen LogP contribution in [0.5, 0.6) is 5.75 Å². The minimum absolute atomic E-state index is 0.00315. The maximum Gasteiger partial charge on any atom is 0.341 e. The van der Waals surface area contributed by atoms with Crippen molar-refractivity contribution in [2.75, 3.05) is 6.61 Å². The molecular formula is C13H18O3. The molecule has 0 unspecified atom stereocenters. The highest BCUT2D eigenvalue weighted by Crippen LogP contribution is 2.21. The summed E-state index contributed by atoms with van der Waals surface area (Å²) >= 11 is 0. The Morgan fingerprint density at radius 3 is 2.62 bits per heavy atom. The largest absolute Gasteiger partial charge is 0.507 e. The number of aromatic hydroxyl groups is 1. The maximum absolute atomic E-state index is 11.4. The third kappa shape index (κ3) is 3.26. The van der Waals surface area contributed by atoms with Gasteiger partial charge in [-0.2, -0.15) is 0 Å². The minimum atomic E-state index is -0.476. The summed E-state index contributed by atoms with van der Waals surface area (Å²) in [7, 11) is 0. The number of phenols is 1. The Hall–Kier alpha value is -1.51. The Kier molecular flexibility index (Phi) is 4.35. The molecule has 3 heteroatoms. The fourth-order valence-corrected chi connectivity index (χ4v) is 1.56. The van der Waals surface area contributed by atoms with Gasteiger partial charge in [-0.25, -0.2) is 4.79 Å². The number of ether oxygens (including phenoxy) is 1. The van der Waals surface area contributed by atoms with Crippen molar-refractivity contribution in [3.8, 4) is 5.75 Å². The second kappa shape index (κ2) is 5.54. The second-order valence-corrected chi connectivity index (χ2v) is 4.17. The Morgan fingerprint density at radius 1 is 1.44 bits per heavy atom. The molecule has 0 saturated heterocycles. The summed E-state index contributed by atoms with van der Waals surface area (Å²) in [5.41, 5.74) is 1.26. The van der Waals surface area contributed by atoms with Gasteiger partial charge < -0.3 is 9.84 Å². The van der Waals surface area contributed by atoms with E-state index in [0.29, 0.717) is 12.5 Å². The Bertz CT molecular complexity index is 369. The predicted octanol–water partition coefficient (Wildman–Crippen LogP) is 2.77. The predicted molar refractivity (Wildman–Crippen MR) is 62.6 cm³/mol. The lowest BCUT2D eigenvalue weighted by molar-refractivity contribution is 0.0523. The van der Waals surface area contributed by atoms with Crippen LogP contribution in [0, 0.1) is 5.92 Å². The van der Waals surface area contributed by atoms with Crippen molar-refractivity contribution in [1.29, 1.82) is 0 Å². The molecule has 0 aromatic heterocycles. The number of hydrogen-bond acceptors (Lipinski definition) is 3. The summed E-state index contributed by atoms with van der Waals surface area (Å²) in [6.07, 6.45) is 0.886. The van der Waals surface area contributed by atoms with Crippen LogP contribution >= 0.6 is 0 Å².